The highest BCUT2D eigenvalue weighted by molar-refractivity contribution is 5.21. The quantitative estimate of drug-likeness (QED) is 0.831. The molecule has 2 unspecified atom stereocenters. The van der Waals surface area contributed by atoms with E-state index in [0.29, 0.717) is 18.7 Å². The number of halogens is 1. The number of rotatable bonds is 6. The predicted molar refractivity (Wildman–Crippen MR) is 76.3 cm³/mol. The van der Waals surface area contributed by atoms with Crippen molar-refractivity contribution >= 4 is 0 Å². The molecule has 0 aromatic heterocycles. The van der Waals surface area contributed by atoms with Crippen LogP contribution in [0.1, 0.15) is 32.4 Å². The van der Waals surface area contributed by atoms with Gasteiger partial charge in [-0.3, -0.25) is 0 Å². The lowest BCUT2D eigenvalue weighted by Crippen LogP contribution is -2.40. The van der Waals surface area contributed by atoms with Gasteiger partial charge in [-0.05, 0) is 32.9 Å². The summed E-state index contributed by atoms with van der Waals surface area (Å²) in [5.41, 5.74) is 5.93. The Bertz CT molecular complexity index is 403. The number of nitrogens with zero attached hydrogens (tertiary/aromatic N) is 1. The Kier molecular flexibility index (Phi) is 5.47. The van der Waals surface area contributed by atoms with Crippen LogP contribution in [0.3, 0.4) is 0 Å². The van der Waals surface area contributed by atoms with Crippen molar-refractivity contribution in [3.05, 3.63) is 35.6 Å². The van der Waals surface area contributed by atoms with Crippen LogP contribution in [0.5, 0.6) is 0 Å². The molecule has 0 heterocycles. The first-order chi connectivity index (χ1) is 8.70. The van der Waals surface area contributed by atoms with Gasteiger partial charge in [0.15, 0.2) is 0 Å². The van der Waals surface area contributed by atoms with Crippen molar-refractivity contribution in [3.8, 4) is 0 Å². The lowest BCUT2D eigenvalue weighted by molar-refractivity contribution is 0.0397. The predicted octanol–water partition coefficient (Wildman–Crippen LogP) is 2.16. The highest BCUT2D eigenvalue weighted by Gasteiger charge is 2.22. The van der Waals surface area contributed by atoms with Crippen LogP contribution in [-0.4, -0.2) is 35.7 Å². The molecule has 4 heteroatoms. The normalized spacial score (nSPS) is 15.6. The van der Waals surface area contributed by atoms with Gasteiger partial charge >= 0.3 is 0 Å². The number of nitrogens with two attached hydrogens (primary N) is 1. The van der Waals surface area contributed by atoms with Crippen LogP contribution in [-0.2, 0) is 0 Å². The summed E-state index contributed by atoms with van der Waals surface area (Å²) in [5, 5.41) is 9.77. The Morgan fingerprint density at radius 1 is 1.37 bits per heavy atom. The van der Waals surface area contributed by atoms with Gasteiger partial charge in [0.25, 0.3) is 0 Å². The maximum Gasteiger partial charge on any atom is 0.127 e. The second-order valence-corrected chi connectivity index (χ2v) is 6.03. The van der Waals surface area contributed by atoms with Gasteiger partial charge in [-0.1, -0.05) is 25.1 Å². The summed E-state index contributed by atoms with van der Waals surface area (Å²) in [6.07, 6.45) is 0. The maximum absolute atomic E-state index is 13.7. The molecule has 0 aliphatic rings. The fraction of sp³-hybridized carbons (Fsp3) is 0.600. The molecule has 2 atom stereocenters. The summed E-state index contributed by atoms with van der Waals surface area (Å²) < 4.78 is 13.7. The Hall–Kier alpha value is -0.970. The Morgan fingerprint density at radius 3 is 2.47 bits per heavy atom. The van der Waals surface area contributed by atoms with Crippen molar-refractivity contribution in [2.75, 3.05) is 20.1 Å². The molecule has 1 rings (SSSR count). The second kappa shape index (κ2) is 6.46. The molecule has 0 aliphatic heterocycles. The minimum absolute atomic E-state index is 0.101. The lowest BCUT2D eigenvalue weighted by atomic mass is 9.94. The standard InChI is InChI=1S/C15H25FN2O/c1-11(9-18(4)10-15(2,3)19)14(17)12-7-5-6-8-13(12)16/h5-8,11,14,19H,9-10,17H2,1-4H3. The number of aliphatic hydroxyl groups is 1. The van der Waals surface area contributed by atoms with Crippen LogP contribution in [0.15, 0.2) is 24.3 Å². The van der Waals surface area contributed by atoms with Crippen LogP contribution in [0.25, 0.3) is 0 Å². The number of likely N-dealkylation sites (N-methyl/N-ethyl adjacent to an activating group) is 1. The van der Waals surface area contributed by atoms with Gasteiger partial charge in [-0.25, -0.2) is 4.39 Å². The molecule has 3 nitrogen and oxygen atoms in total. The Balaban J connectivity index is 2.63. The van der Waals surface area contributed by atoms with Crippen molar-refractivity contribution in [2.24, 2.45) is 11.7 Å². The summed E-state index contributed by atoms with van der Waals surface area (Å²) in [4.78, 5) is 2.02. The van der Waals surface area contributed by atoms with Crippen molar-refractivity contribution in [2.45, 2.75) is 32.4 Å². The topological polar surface area (TPSA) is 49.5 Å². The van der Waals surface area contributed by atoms with E-state index in [1.807, 2.05) is 18.9 Å². The molecule has 3 N–H and O–H groups in total. The highest BCUT2D eigenvalue weighted by atomic mass is 19.1. The molecule has 0 saturated heterocycles. The summed E-state index contributed by atoms with van der Waals surface area (Å²) in [7, 11) is 1.93. The first kappa shape index (κ1) is 16.1. The highest BCUT2D eigenvalue weighted by Crippen LogP contribution is 2.22. The van der Waals surface area contributed by atoms with E-state index in [2.05, 4.69) is 0 Å². The fourth-order valence-electron chi connectivity index (χ4n) is 2.38. The Morgan fingerprint density at radius 2 is 1.95 bits per heavy atom. The van der Waals surface area contributed by atoms with E-state index in [4.69, 9.17) is 5.73 Å². The molecule has 108 valence electrons. The third-order valence-corrected chi connectivity index (χ3v) is 3.13. The molecular weight excluding hydrogens is 243 g/mol. The molecule has 1 aromatic rings. The Labute approximate surface area is 115 Å². The van der Waals surface area contributed by atoms with Crippen LogP contribution in [0.4, 0.5) is 4.39 Å². The summed E-state index contributed by atoms with van der Waals surface area (Å²) in [6, 6.07) is 6.28. The van der Waals surface area contributed by atoms with Gasteiger partial charge in [0.05, 0.1) is 5.60 Å². The van der Waals surface area contributed by atoms with Gasteiger partial charge in [0.2, 0.25) is 0 Å². The average Bonchev–Trinajstić information content (AvgIpc) is 2.26. The first-order valence-electron chi connectivity index (χ1n) is 6.61. The smallest absolute Gasteiger partial charge is 0.127 e. The van der Waals surface area contributed by atoms with Crippen LogP contribution < -0.4 is 5.73 Å². The molecule has 0 aliphatic carbocycles. The number of hydrogen-bond donors (Lipinski definition) is 2. The van der Waals surface area contributed by atoms with Crippen LogP contribution in [0, 0.1) is 11.7 Å². The largest absolute Gasteiger partial charge is 0.389 e. The van der Waals surface area contributed by atoms with Crippen molar-refractivity contribution in [1.29, 1.82) is 0 Å². The second-order valence-electron chi connectivity index (χ2n) is 6.03. The zero-order chi connectivity index (χ0) is 14.6. The van der Waals surface area contributed by atoms with Gasteiger partial charge in [-0.15, -0.1) is 0 Å². The summed E-state index contributed by atoms with van der Waals surface area (Å²) in [5.74, 6) is -0.156. The minimum atomic E-state index is -0.740. The zero-order valence-corrected chi connectivity index (χ0v) is 12.2. The monoisotopic (exact) mass is 268 g/mol. The van der Waals surface area contributed by atoms with Crippen LogP contribution in [0.2, 0.25) is 0 Å². The number of benzene rings is 1. The van der Waals surface area contributed by atoms with Crippen molar-refractivity contribution in [3.63, 3.8) is 0 Å². The molecule has 0 radical (unpaired) electrons. The molecular formula is C15H25FN2O. The first-order valence-corrected chi connectivity index (χ1v) is 6.61. The van der Waals surface area contributed by atoms with Gasteiger partial charge in [0.1, 0.15) is 5.82 Å². The van der Waals surface area contributed by atoms with Crippen molar-refractivity contribution in [1.82, 2.24) is 4.90 Å². The molecule has 0 amide bonds. The molecule has 0 spiro atoms. The van der Waals surface area contributed by atoms with E-state index in [1.165, 1.54) is 6.07 Å². The maximum atomic E-state index is 13.7. The van der Waals surface area contributed by atoms with E-state index >= 15 is 0 Å². The van der Waals surface area contributed by atoms with Crippen molar-refractivity contribution < 1.29 is 9.50 Å². The van der Waals surface area contributed by atoms with Gasteiger partial charge in [-0.2, -0.15) is 0 Å². The molecule has 0 saturated carbocycles. The zero-order valence-electron chi connectivity index (χ0n) is 12.2. The lowest BCUT2D eigenvalue weighted by Gasteiger charge is -2.30. The summed E-state index contributed by atoms with van der Waals surface area (Å²) >= 11 is 0. The van der Waals surface area contributed by atoms with E-state index in [-0.39, 0.29) is 17.8 Å². The number of hydrogen-bond acceptors (Lipinski definition) is 3. The van der Waals surface area contributed by atoms with Crippen LogP contribution >= 0.6 is 0 Å². The molecule has 0 fully saturated rings. The third kappa shape index (κ3) is 5.27. The molecule has 1 aromatic carbocycles. The van der Waals surface area contributed by atoms with E-state index in [1.54, 1.807) is 32.0 Å². The SMILES string of the molecule is CC(CN(C)CC(C)(C)O)C(N)c1ccccc1F. The van der Waals surface area contributed by atoms with Gasteiger partial charge < -0.3 is 15.7 Å². The van der Waals surface area contributed by atoms with E-state index in [0.717, 1.165) is 0 Å². The van der Waals surface area contributed by atoms with E-state index in [9.17, 15) is 9.50 Å². The van der Waals surface area contributed by atoms with Gasteiger partial charge in [0, 0.05) is 24.7 Å². The third-order valence-electron chi connectivity index (χ3n) is 3.13. The summed E-state index contributed by atoms with van der Waals surface area (Å²) in [6.45, 7) is 6.80. The van der Waals surface area contributed by atoms with E-state index < -0.39 is 5.60 Å². The fourth-order valence-corrected chi connectivity index (χ4v) is 2.38. The average molecular weight is 268 g/mol. The minimum Gasteiger partial charge on any atom is -0.389 e. The molecule has 0 bridgehead atoms. The molecule has 19 heavy (non-hydrogen) atoms.